The average molecular weight is 183 g/mol. The maximum Gasteiger partial charge on any atom is 0.182 e. The van der Waals surface area contributed by atoms with E-state index in [-0.39, 0.29) is 5.54 Å². The lowest BCUT2D eigenvalue weighted by molar-refractivity contribution is 0.0732. The zero-order valence-electron chi connectivity index (χ0n) is 9.10. The van der Waals surface area contributed by atoms with Crippen LogP contribution in [0.25, 0.3) is 0 Å². The molecule has 0 spiro atoms. The molecule has 2 heteroatoms. The lowest BCUT2D eigenvalue weighted by Crippen LogP contribution is -2.40. The van der Waals surface area contributed by atoms with Crippen molar-refractivity contribution >= 4 is 0 Å². The van der Waals surface area contributed by atoms with Gasteiger partial charge in [0.2, 0.25) is 0 Å². The smallest absolute Gasteiger partial charge is 0.182 e. The van der Waals surface area contributed by atoms with Crippen molar-refractivity contribution in [3.8, 4) is 0 Å². The van der Waals surface area contributed by atoms with Crippen molar-refractivity contribution in [1.82, 2.24) is 4.90 Å². The summed E-state index contributed by atoms with van der Waals surface area (Å²) in [7, 11) is 0. The number of hydrogen-bond acceptors (Lipinski definition) is 2. The summed E-state index contributed by atoms with van der Waals surface area (Å²) < 4.78 is 5.45. The van der Waals surface area contributed by atoms with Crippen molar-refractivity contribution in [2.75, 3.05) is 13.2 Å². The van der Waals surface area contributed by atoms with E-state index in [9.17, 15) is 0 Å². The summed E-state index contributed by atoms with van der Waals surface area (Å²) >= 11 is 0. The molecule has 1 atom stereocenters. The Morgan fingerprint density at radius 3 is 2.77 bits per heavy atom. The van der Waals surface area contributed by atoms with E-state index in [1.54, 1.807) is 0 Å². The van der Waals surface area contributed by atoms with Gasteiger partial charge in [-0.1, -0.05) is 6.92 Å². The predicted octanol–water partition coefficient (Wildman–Crippen LogP) is 2.76. The molecule has 2 nitrogen and oxygen atoms in total. The van der Waals surface area contributed by atoms with E-state index in [1.165, 1.54) is 19.3 Å². The minimum Gasteiger partial charge on any atom is -0.480 e. The summed E-state index contributed by atoms with van der Waals surface area (Å²) in [6, 6.07) is 0. The van der Waals surface area contributed by atoms with Gasteiger partial charge in [0.1, 0.15) is 0 Å². The van der Waals surface area contributed by atoms with Crippen LogP contribution in [-0.2, 0) is 4.74 Å². The van der Waals surface area contributed by atoms with Crippen molar-refractivity contribution in [3.63, 3.8) is 0 Å². The first kappa shape index (κ1) is 10.4. The van der Waals surface area contributed by atoms with Crippen LogP contribution in [0, 0.1) is 0 Å². The molecule has 1 aliphatic rings. The SMILES string of the molecule is C=C(OCC)N1CCC[C@@]1(C)CC. The molecule has 0 aliphatic carbocycles. The van der Waals surface area contributed by atoms with Gasteiger partial charge in [0.05, 0.1) is 6.61 Å². The molecule has 76 valence electrons. The van der Waals surface area contributed by atoms with Crippen LogP contribution < -0.4 is 0 Å². The molecule has 0 N–H and O–H groups in total. The standard InChI is InChI=1S/C11H21NO/c1-5-11(4)8-7-9-12(11)10(3)13-6-2/h3,5-9H2,1-2,4H3/t11-/m1/s1. The van der Waals surface area contributed by atoms with Gasteiger partial charge in [-0.2, -0.15) is 0 Å². The van der Waals surface area contributed by atoms with Crippen molar-refractivity contribution in [3.05, 3.63) is 12.5 Å². The van der Waals surface area contributed by atoms with Crippen molar-refractivity contribution in [2.45, 2.75) is 45.6 Å². The van der Waals surface area contributed by atoms with Crippen LogP contribution in [-0.4, -0.2) is 23.6 Å². The Kier molecular flexibility index (Phi) is 3.23. The third kappa shape index (κ3) is 1.98. The first-order valence-corrected chi connectivity index (χ1v) is 5.23. The van der Waals surface area contributed by atoms with Gasteiger partial charge in [-0.05, 0) is 39.7 Å². The lowest BCUT2D eigenvalue weighted by atomic mass is 9.96. The van der Waals surface area contributed by atoms with Gasteiger partial charge in [0.15, 0.2) is 5.88 Å². The summed E-state index contributed by atoms with van der Waals surface area (Å²) in [5.41, 5.74) is 0.284. The van der Waals surface area contributed by atoms with Crippen LogP contribution >= 0.6 is 0 Å². The summed E-state index contributed by atoms with van der Waals surface area (Å²) in [5.74, 6) is 0.851. The fraction of sp³-hybridized carbons (Fsp3) is 0.818. The van der Waals surface area contributed by atoms with Crippen molar-refractivity contribution in [2.24, 2.45) is 0 Å². The fourth-order valence-electron chi connectivity index (χ4n) is 2.06. The minimum atomic E-state index is 0.284. The predicted molar refractivity (Wildman–Crippen MR) is 55.4 cm³/mol. The zero-order chi connectivity index (χ0) is 9.90. The van der Waals surface area contributed by atoms with Crippen molar-refractivity contribution in [1.29, 1.82) is 0 Å². The van der Waals surface area contributed by atoms with Gasteiger partial charge in [0, 0.05) is 12.1 Å². The van der Waals surface area contributed by atoms with Gasteiger partial charge in [-0.15, -0.1) is 0 Å². The fourth-order valence-corrected chi connectivity index (χ4v) is 2.06. The highest BCUT2D eigenvalue weighted by atomic mass is 16.5. The van der Waals surface area contributed by atoms with Crippen LogP contribution in [0.5, 0.6) is 0 Å². The third-order valence-corrected chi connectivity index (χ3v) is 3.12. The highest BCUT2D eigenvalue weighted by Crippen LogP contribution is 2.34. The van der Waals surface area contributed by atoms with E-state index in [0.29, 0.717) is 0 Å². The maximum absolute atomic E-state index is 5.45. The second kappa shape index (κ2) is 4.03. The third-order valence-electron chi connectivity index (χ3n) is 3.12. The van der Waals surface area contributed by atoms with Gasteiger partial charge >= 0.3 is 0 Å². The van der Waals surface area contributed by atoms with E-state index in [1.807, 2.05) is 6.92 Å². The molecule has 1 heterocycles. The van der Waals surface area contributed by atoms with Crippen LogP contribution in [0.2, 0.25) is 0 Å². The minimum absolute atomic E-state index is 0.284. The molecule has 0 aromatic rings. The van der Waals surface area contributed by atoms with E-state index >= 15 is 0 Å². The van der Waals surface area contributed by atoms with Gasteiger partial charge < -0.3 is 9.64 Å². The number of ether oxygens (including phenoxy) is 1. The molecule has 1 rings (SSSR count). The van der Waals surface area contributed by atoms with E-state index in [4.69, 9.17) is 4.74 Å². The monoisotopic (exact) mass is 183 g/mol. The summed E-state index contributed by atoms with van der Waals surface area (Å²) in [6.07, 6.45) is 3.69. The maximum atomic E-state index is 5.45. The largest absolute Gasteiger partial charge is 0.480 e. The Bertz CT molecular complexity index is 191. The highest BCUT2D eigenvalue weighted by Gasteiger charge is 2.35. The van der Waals surface area contributed by atoms with Crippen molar-refractivity contribution < 1.29 is 4.74 Å². The summed E-state index contributed by atoms with van der Waals surface area (Å²) in [4.78, 5) is 2.32. The molecule has 0 amide bonds. The summed E-state index contributed by atoms with van der Waals surface area (Å²) in [5, 5.41) is 0. The molecular weight excluding hydrogens is 162 g/mol. The Balaban J connectivity index is 2.62. The van der Waals surface area contributed by atoms with Crippen LogP contribution in [0.4, 0.5) is 0 Å². The molecule has 1 fully saturated rings. The molecule has 0 radical (unpaired) electrons. The lowest BCUT2D eigenvalue weighted by Gasteiger charge is -2.36. The summed E-state index contributed by atoms with van der Waals surface area (Å²) in [6.45, 7) is 12.3. The van der Waals surface area contributed by atoms with E-state index < -0.39 is 0 Å². The number of nitrogens with zero attached hydrogens (tertiary/aromatic N) is 1. The molecule has 0 saturated carbocycles. The Hall–Kier alpha value is -0.660. The molecule has 1 aliphatic heterocycles. The molecule has 1 saturated heterocycles. The highest BCUT2D eigenvalue weighted by molar-refractivity contribution is 5.00. The Morgan fingerprint density at radius 1 is 1.54 bits per heavy atom. The molecule has 0 aromatic heterocycles. The quantitative estimate of drug-likeness (QED) is 0.621. The topological polar surface area (TPSA) is 12.5 Å². The van der Waals surface area contributed by atoms with E-state index in [0.717, 1.165) is 19.0 Å². The van der Waals surface area contributed by atoms with Gasteiger partial charge in [-0.25, -0.2) is 0 Å². The van der Waals surface area contributed by atoms with E-state index in [2.05, 4.69) is 25.3 Å². The number of likely N-dealkylation sites (tertiary alicyclic amines) is 1. The molecule has 0 unspecified atom stereocenters. The Labute approximate surface area is 81.6 Å². The first-order valence-electron chi connectivity index (χ1n) is 5.23. The molecule has 13 heavy (non-hydrogen) atoms. The van der Waals surface area contributed by atoms with Crippen LogP contribution in [0.3, 0.4) is 0 Å². The average Bonchev–Trinajstić information content (AvgIpc) is 2.49. The van der Waals surface area contributed by atoms with Crippen LogP contribution in [0.15, 0.2) is 12.5 Å². The zero-order valence-corrected chi connectivity index (χ0v) is 9.10. The Morgan fingerprint density at radius 2 is 2.23 bits per heavy atom. The molecular formula is C11H21NO. The number of hydrogen-bond donors (Lipinski definition) is 0. The second-order valence-corrected chi connectivity index (χ2v) is 3.93. The van der Waals surface area contributed by atoms with Gasteiger partial charge in [-0.3, -0.25) is 0 Å². The first-order chi connectivity index (χ1) is 6.14. The normalized spacial score (nSPS) is 27.8. The molecule has 0 bridgehead atoms. The number of rotatable bonds is 4. The second-order valence-electron chi connectivity index (χ2n) is 3.93. The van der Waals surface area contributed by atoms with Crippen LogP contribution in [0.1, 0.15) is 40.0 Å². The molecule has 0 aromatic carbocycles. The van der Waals surface area contributed by atoms with Gasteiger partial charge in [0.25, 0.3) is 0 Å².